The molecule has 0 fully saturated rings. The Morgan fingerprint density at radius 1 is 0.550 bits per heavy atom. The van der Waals surface area contributed by atoms with Crippen LogP contribution in [0, 0.1) is 0 Å². The highest BCUT2D eigenvalue weighted by Gasteiger charge is 2.02. The average molecular weight is 285 g/mol. The Bertz CT molecular complexity index is 155. The second kappa shape index (κ2) is 17.0. The first kappa shape index (κ1) is 19.9. The van der Waals surface area contributed by atoms with Crippen LogP contribution in [0.15, 0.2) is 0 Å². The summed E-state index contributed by atoms with van der Waals surface area (Å²) in [6.07, 6.45) is 16.7. The number of unbranched alkanes of at least 4 members (excludes halogenated alkanes) is 10. The van der Waals surface area contributed by atoms with Crippen LogP contribution in [0.2, 0.25) is 0 Å². The normalized spacial score (nSPS) is 11.4. The minimum absolute atomic E-state index is 1.06. The first-order valence-corrected chi connectivity index (χ1v) is 9.33. The third-order valence-corrected chi connectivity index (χ3v) is 3.94. The molecule has 0 rings (SSSR count). The van der Waals surface area contributed by atoms with Crippen molar-refractivity contribution < 1.29 is 0 Å². The molecule has 0 aliphatic rings. The van der Waals surface area contributed by atoms with Gasteiger partial charge in [-0.05, 0) is 12.8 Å². The van der Waals surface area contributed by atoms with Gasteiger partial charge in [0.15, 0.2) is 0 Å². The van der Waals surface area contributed by atoms with Crippen molar-refractivity contribution in [3.05, 3.63) is 0 Å². The molecule has 0 amide bonds. The van der Waals surface area contributed by atoms with E-state index in [1.165, 1.54) is 90.1 Å². The molecule has 0 radical (unpaired) electrons. The fraction of sp³-hybridized carbons (Fsp3) is 1.00. The van der Waals surface area contributed by atoms with E-state index in [-0.39, 0.29) is 0 Å². The summed E-state index contributed by atoms with van der Waals surface area (Å²) in [4.78, 5) is 0. The molecular weight excluding hydrogens is 244 g/mol. The van der Waals surface area contributed by atoms with Crippen LogP contribution in [0.3, 0.4) is 0 Å². The number of hydrazine groups is 1. The highest BCUT2D eigenvalue weighted by Crippen LogP contribution is 2.07. The molecule has 2 nitrogen and oxygen atoms in total. The van der Waals surface area contributed by atoms with Gasteiger partial charge >= 0.3 is 0 Å². The first-order valence-electron chi connectivity index (χ1n) is 9.33. The summed E-state index contributed by atoms with van der Waals surface area (Å²) in [5, 5.41) is 2.46. The van der Waals surface area contributed by atoms with Crippen molar-refractivity contribution >= 4 is 0 Å². The van der Waals surface area contributed by atoms with Crippen molar-refractivity contribution in [2.24, 2.45) is 0 Å². The van der Waals surface area contributed by atoms with E-state index in [0.29, 0.717) is 0 Å². The fourth-order valence-electron chi connectivity index (χ4n) is 2.66. The summed E-state index contributed by atoms with van der Waals surface area (Å²) in [5.74, 6) is 0. The minimum Gasteiger partial charge on any atom is -0.255 e. The third kappa shape index (κ3) is 14.3. The topological polar surface area (TPSA) is 15.3 Å². The molecule has 20 heavy (non-hydrogen) atoms. The van der Waals surface area contributed by atoms with E-state index in [2.05, 4.69) is 31.2 Å². The maximum atomic E-state index is 3.52. The molecule has 2 heteroatoms. The molecule has 0 atom stereocenters. The number of rotatable bonds is 16. The van der Waals surface area contributed by atoms with E-state index in [9.17, 15) is 0 Å². The third-order valence-electron chi connectivity index (χ3n) is 3.94. The van der Waals surface area contributed by atoms with E-state index in [0.717, 1.165) is 6.54 Å². The molecule has 1 N–H and O–H groups in total. The molecule has 0 aliphatic heterocycles. The number of nitrogens with zero attached hydrogens (tertiary/aromatic N) is 1. The van der Waals surface area contributed by atoms with Gasteiger partial charge in [-0.15, -0.1) is 0 Å². The summed E-state index contributed by atoms with van der Waals surface area (Å²) in [7, 11) is 0. The standard InChI is InChI=1S/C18H40N2/c1-4-7-9-11-13-15-17-20(19-6-3)18-16-14-12-10-8-5-2/h19H,4-18H2,1-3H3. The summed E-state index contributed by atoms with van der Waals surface area (Å²) < 4.78 is 0. The molecule has 0 saturated heterocycles. The Hall–Kier alpha value is -0.0800. The fourth-order valence-corrected chi connectivity index (χ4v) is 2.66. The highest BCUT2D eigenvalue weighted by molar-refractivity contribution is 4.55. The lowest BCUT2D eigenvalue weighted by Gasteiger charge is -2.22. The molecule has 0 aromatic carbocycles. The molecule has 0 aromatic heterocycles. The predicted molar refractivity (Wildman–Crippen MR) is 92.0 cm³/mol. The van der Waals surface area contributed by atoms with Crippen LogP contribution in [-0.4, -0.2) is 24.6 Å². The van der Waals surface area contributed by atoms with Crippen LogP contribution in [0.25, 0.3) is 0 Å². The molecule has 0 unspecified atom stereocenters. The SMILES string of the molecule is CCCCCCCCN(CCCCCCCC)NCC. The zero-order valence-electron chi connectivity index (χ0n) is 14.6. The first-order chi connectivity index (χ1) is 9.85. The van der Waals surface area contributed by atoms with Crippen molar-refractivity contribution in [3.8, 4) is 0 Å². The van der Waals surface area contributed by atoms with Gasteiger partial charge in [-0.3, -0.25) is 5.43 Å². The molecular formula is C18H40N2. The van der Waals surface area contributed by atoms with Crippen LogP contribution in [0.1, 0.15) is 97.8 Å². The van der Waals surface area contributed by atoms with Gasteiger partial charge in [0.2, 0.25) is 0 Å². The van der Waals surface area contributed by atoms with Crippen molar-refractivity contribution in [1.82, 2.24) is 10.4 Å². The zero-order valence-corrected chi connectivity index (χ0v) is 14.6. The van der Waals surface area contributed by atoms with Crippen molar-refractivity contribution in [2.45, 2.75) is 97.8 Å². The Kier molecular flexibility index (Phi) is 16.9. The average Bonchev–Trinajstić information content (AvgIpc) is 2.46. The lowest BCUT2D eigenvalue weighted by molar-refractivity contribution is 0.183. The smallest absolute Gasteiger partial charge is 0.0130 e. The van der Waals surface area contributed by atoms with E-state index in [1.807, 2.05) is 0 Å². The van der Waals surface area contributed by atoms with Crippen LogP contribution < -0.4 is 5.43 Å². The Labute approximate surface area is 128 Å². The van der Waals surface area contributed by atoms with E-state index in [4.69, 9.17) is 0 Å². The van der Waals surface area contributed by atoms with Crippen LogP contribution >= 0.6 is 0 Å². The largest absolute Gasteiger partial charge is 0.255 e. The quantitative estimate of drug-likeness (QED) is 0.296. The molecule has 0 aromatic rings. The van der Waals surface area contributed by atoms with Crippen molar-refractivity contribution in [1.29, 1.82) is 0 Å². The van der Waals surface area contributed by atoms with Crippen molar-refractivity contribution in [3.63, 3.8) is 0 Å². The predicted octanol–water partition coefficient (Wildman–Crippen LogP) is 5.53. The maximum Gasteiger partial charge on any atom is 0.0130 e. The van der Waals surface area contributed by atoms with Gasteiger partial charge in [-0.25, -0.2) is 5.01 Å². The van der Waals surface area contributed by atoms with Gasteiger partial charge in [0.25, 0.3) is 0 Å². The molecule has 0 spiro atoms. The summed E-state index contributed by atoms with van der Waals surface area (Å²) in [6, 6.07) is 0. The summed E-state index contributed by atoms with van der Waals surface area (Å²) >= 11 is 0. The van der Waals surface area contributed by atoms with Crippen molar-refractivity contribution in [2.75, 3.05) is 19.6 Å². The summed E-state index contributed by atoms with van der Waals surface area (Å²) in [5.41, 5.74) is 3.52. The van der Waals surface area contributed by atoms with Gasteiger partial charge < -0.3 is 0 Å². The van der Waals surface area contributed by atoms with Crippen LogP contribution in [0.4, 0.5) is 0 Å². The Balaban J connectivity index is 3.45. The number of hydrogen-bond acceptors (Lipinski definition) is 2. The molecule has 0 heterocycles. The van der Waals surface area contributed by atoms with Gasteiger partial charge in [-0.1, -0.05) is 85.0 Å². The molecule has 122 valence electrons. The minimum atomic E-state index is 1.06. The molecule has 0 saturated carbocycles. The van der Waals surface area contributed by atoms with E-state index >= 15 is 0 Å². The van der Waals surface area contributed by atoms with Gasteiger partial charge in [0.05, 0.1) is 0 Å². The van der Waals surface area contributed by atoms with Crippen LogP contribution in [-0.2, 0) is 0 Å². The van der Waals surface area contributed by atoms with Gasteiger partial charge in [-0.2, -0.15) is 0 Å². The highest BCUT2D eigenvalue weighted by atomic mass is 15.5. The number of nitrogens with one attached hydrogen (secondary N) is 1. The van der Waals surface area contributed by atoms with E-state index in [1.54, 1.807) is 0 Å². The lowest BCUT2D eigenvalue weighted by Crippen LogP contribution is -2.39. The van der Waals surface area contributed by atoms with Gasteiger partial charge in [0, 0.05) is 19.6 Å². The lowest BCUT2D eigenvalue weighted by atomic mass is 10.1. The van der Waals surface area contributed by atoms with Crippen LogP contribution in [0.5, 0.6) is 0 Å². The second-order valence-electron chi connectivity index (χ2n) is 6.03. The summed E-state index contributed by atoms with van der Waals surface area (Å²) in [6.45, 7) is 10.3. The second-order valence-corrected chi connectivity index (χ2v) is 6.03. The monoisotopic (exact) mass is 284 g/mol. The Morgan fingerprint density at radius 3 is 1.35 bits per heavy atom. The number of hydrogen-bond donors (Lipinski definition) is 1. The maximum absolute atomic E-state index is 3.52. The molecule has 0 aliphatic carbocycles. The molecule has 0 bridgehead atoms. The van der Waals surface area contributed by atoms with Gasteiger partial charge in [0.1, 0.15) is 0 Å². The Morgan fingerprint density at radius 2 is 0.950 bits per heavy atom. The van der Waals surface area contributed by atoms with E-state index < -0.39 is 0 Å². The zero-order chi connectivity index (χ0) is 14.9.